The zero-order valence-corrected chi connectivity index (χ0v) is 12.1. The van der Waals surface area contributed by atoms with Crippen molar-refractivity contribution in [1.82, 2.24) is 15.3 Å². The van der Waals surface area contributed by atoms with Crippen molar-refractivity contribution < 1.29 is 0 Å². The largest absolute Gasteiger partial charge is 0.353 e. The highest BCUT2D eigenvalue weighted by Gasteiger charge is 2.28. The average Bonchev–Trinajstić information content (AvgIpc) is 2.62. The molecular formula is C15H24N4. The van der Waals surface area contributed by atoms with Crippen molar-refractivity contribution in [3.05, 3.63) is 17.6 Å². The van der Waals surface area contributed by atoms with Gasteiger partial charge in [-0.15, -0.1) is 0 Å². The quantitative estimate of drug-likeness (QED) is 0.783. The van der Waals surface area contributed by atoms with E-state index in [1.807, 2.05) is 0 Å². The van der Waals surface area contributed by atoms with Crippen molar-refractivity contribution in [3.63, 3.8) is 0 Å². The number of aromatic nitrogens is 2. The van der Waals surface area contributed by atoms with E-state index in [9.17, 15) is 0 Å². The molecular weight excluding hydrogens is 236 g/mol. The molecule has 0 bridgehead atoms. The Kier molecular flexibility index (Phi) is 3.44. The molecule has 1 N–H and O–H groups in total. The van der Waals surface area contributed by atoms with Gasteiger partial charge in [-0.1, -0.05) is 6.42 Å². The summed E-state index contributed by atoms with van der Waals surface area (Å²) >= 11 is 0. The van der Waals surface area contributed by atoms with Crippen LogP contribution in [0.25, 0.3) is 0 Å². The van der Waals surface area contributed by atoms with E-state index >= 15 is 0 Å². The number of piperazine rings is 1. The van der Waals surface area contributed by atoms with Gasteiger partial charge in [0.1, 0.15) is 12.1 Å². The molecule has 1 fully saturated rings. The van der Waals surface area contributed by atoms with E-state index in [0.29, 0.717) is 0 Å². The monoisotopic (exact) mass is 260 g/mol. The first-order valence-corrected chi connectivity index (χ1v) is 7.48. The fraction of sp³-hybridized carbons (Fsp3) is 0.733. The summed E-state index contributed by atoms with van der Waals surface area (Å²) in [4.78, 5) is 11.6. The topological polar surface area (TPSA) is 41.1 Å². The van der Waals surface area contributed by atoms with Crippen LogP contribution in [0.1, 0.15) is 44.4 Å². The van der Waals surface area contributed by atoms with Crippen LogP contribution in [0.3, 0.4) is 0 Å². The van der Waals surface area contributed by atoms with Crippen molar-refractivity contribution in [2.45, 2.75) is 51.5 Å². The Labute approximate surface area is 115 Å². The Balaban J connectivity index is 1.92. The molecule has 2 heterocycles. The number of aryl methyl sites for hydroxylation is 1. The van der Waals surface area contributed by atoms with Gasteiger partial charge in [0.15, 0.2) is 0 Å². The van der Waals surface area contributed by atoms with Crippen LogP contribution in [0.5, 0.6) is 0 Å². The van der Waals surface area contributed by atoms with E-state index in [1.165, 1.54) is 36.3 Å². The summed E-state index contributed by atoms with van der Waals surface area (Å²) in [5, 5.41) is 3.57. The zero-order valence-electron chi connectivity index (χ0n) is 12.1. The van der Waals surface area contributed by atoms with Gasteiger partial charge < -0.3 is 10.2 Å². The molecule has 19 heavy (non-hydrogen) atoms. The first-order chi connectivity index (χ1) is 9.16. The maximum atomic E-state index is 4.61. The van der Waals surface area contributed by atoms with Crippen LogP contribution in [0, 0.1) is 0 Å². The number of fused-ring (bicyclic) bond motifs is 1. The van der Waals surface area contributed by atoms with Gasteiger partial charge in [-0.25, -0.2) is 9.97 Å². The Morgan fingerprint density at radius 3 is 2.84 bits per heavy atom. The van der Waals surface area contributed by atoms with Gasteiger partial charge in [0.05, 0.1) is 0 Å². The number of hydrogen-bond donors (Lipinski definition) is 1. The maximum Gasteiger partial charge on any atom is 0.135 e. The summed E-state index contributed by atoms with van der Waals surface area (Å²) in [5.74, 6) is 1.20. The molecule has 0 atom stereocenters. The van der Waals surface area contributed by atoms with Gasteiger partial charge in [-0.05, 0) is 39.5 Å². The molecule has 0 saturated carbocycles. The molecule has 1 aromatic rings. The van der Waals surface area contributed by atoms with E-state index in [-0.39, 0.29) is 5.54 Å². The maximum absolute atomic E-state index is 4.61. The second-order valence-corrected chi connectivity index (χ2v) is 6.42. The molecule has 0 amide bonds. The van der Waals surface area contributed by atoms with Gasteiger partial charge in [0.25, 0.3) is 0 Å². The van der Waals surface area contributed by atoms with Gasteiger partial charge in [-0.2, -0.15) is 0 Å². The molecule has 1 saturated heterocycles. The third kappa shape index (κ3) is 2.73. The standard InChI is InChI=1S/C15H24N4/c1-15(2)10-19(9-8-18-15)14-12-6-4-3-5-7-13(12)16-11-17-14/h11,18H,3-10H2,1-2H3. The Morgan fingerprint density at radius 2 is 2.00 bits per heavy atom. The van der Waals surface area contributed by atoms with Crippen LogP contribution >= 0.6 is 0 Å². The number of nitrogens with one attached hydrogen (secondary N) is 1. The molecule has 4 nitrogen and oxygen atoms in total. The first kappa shape index (κ1) is 12.9. The summed E-state index contributed by atoms with van der Waals surface area (Å²) in [6.07, 6.45) is 7.91. The fourth-order valence-electron chi connectivity index (χ4n) is 3.28. The highest BCUT2D eigenvalue weighted by Crippen LogP contribution is 2.28. The predicted molar refractivity (Wildman–Crippen MR) is 77.6 cm³/mol. The summed E-state index contributed by atoms with van der Waals surface area (Å²) in [7, 11) is 0. The van der Waals surface area contributed by atoms with Crippen molar-refractivity contribution in [2.75, 3.05) is 24.5 Å². The van der Waals surface area contributed by atoms with E-state index in [4.69, 9.17) is 0 Å². The fourth-order valence-corrected chi connectivity index (χ4v) is 3.28. The van der Waals surface area contributed by atoms with Gasteiger partial charge in [0, 0.05) is 36.4 Å². The lowest BCUT2D eigenvalue weighted by molar-refractivity contribution is 0.351. The SMILES string of the molecule is CC1(C)CN(c2ncnc3c2CCCCC3)CCN1. The molecule has 0 unspecified atom stereocenters. The van der Waals surface area contributed by atoms with E-state index in [1.54, 1.807) is 6.33 Å². The molecule has 1 aromatic heterocycles. The second kappa shape index (κ2) is 5.08. The van der Waals surface area contributed by atoms with Gasteiger partial charge in [-0.3, -0.25) is 0 Å². The van der Waals surface area contributed by atoms with Crippen LogP contribution in [0.4, 0.5) is 5.82 Å². The number of nitrogens with zero attached hydrogens (tertiary/aromatic N) is 3. The molecule has 2 aliphatic rings. The molecule has 104 valence electrons. The average molecular weight is 260 g/mol. The minimum absolute atomic E-state index is 0.167. The highest BCUT2D eigenvalue weighted by molar-refractivity contribution is 5.50. The summed E-state index contributed by atoms with van der Waals surface area (Å²) in [6, 6.07) is 0. The lowest BCUT2D eigenvalue weighted by atomic mass is 10.0. The van der Waals surface area contributed by atoms with Crippen LogP contribution in [-0.2, 0) is 12.8 Å². The third-order valence-electron chi connectivity index (χ3n) is 4.22. The smallest absolute Gasteiger partial charge is 0.135 e. The lowest BCUT2D eigenvalue weighted by Crippen LogP contribution is -2.57. The van der Waals surface area contributed by atoms with Crippen LogP contribution in [0.2, 0.25) is 0 Å². The minimum Gasteiger partial charge on any atom is -0.353 e. The van der Waals surface area contributed by atoms with Crippen LogP contribution in [0.15, 0.2) is 6.33 Å². The van der Waals surface area contributed by atoms with E-state index in [0.717, 1.165) is 32.5 Å². The van der Waals surface area contributed by atoms with Crippen molar-refractivity contribution in [3.8, 4) is 0 Å². The summed E-state index contributed by atoms with van der Waals surface area (Å²) in [5.41, 5.74) is 2.87. The number of anilines is 1. The highest BCUT2D eigenvalue weighted by atomic mass is 15.3. The predicted octanol–water partition coefficient (Wildman–Crippen LogP) is 1.93. The molecule has 0 radical (unpaired) electrons. The van der Waals surface area contributed by atoms with Crippen molar-refractivity contribution in [2.24, 2.45) is 0 Å². The van der Waals surface area contributed by atoms with Crippen LogP contribution < -0.4 is 10.2 Å². The van der Waals surface area contributed by atoms with Crippen molar-refractivity contribution >= 4 is 5.82 Å². The normalized spacial score (nSPS) is 22.7. The first-order valence-electron chi connectivity index (χ1n) is 7.48. The molecule has 1 aliphatic heterocycles. The van der Waals surface area contributed by atoms with Gasteiger partial charge in [0.2, 0.25) is 0 Å². The molecule has 3 rings (SSSR count). The minimum atomic E-state index is 0.167. The molecule has 4 heteroatoms. The number of rotatable bonds is 1. The second-order valence-electron chi connectivity index (χ2n) is 6.42. The lowest BCUT2D eigenvalue weighted by Gasteiger charge is -2.40. The Hall–Kier alpha value is -1.16. The van der Waals surface area contributed by atoms with E-state index in [2.05, 4.69) is 34.0 Å². The molecule has 1 aliphatic carbocycles. The summed E-state index contributed by atoms with van der Waals surface area (Å²) < 4.78 is 0. The zero-order chi connectivity index (χ0) is 13.3. The van der Waals surface area contributed by atoms with Gasteiger partial charge >= 0.3 is 0 Å². The molecule has 0 spiro atoms. The summed E-state index contributed by atoms with van der Waals surface area (Å²) in [6.45, 7) is 7.63. The Morgan fingerprint density at radius 1 is 1.16 bits per heavy atom. The van der Waals surface area contributed by atoms with E-state index < -0.39 is 0 Å². The van der Waals surface area contributed by atoms with Crippen LogP contribution in [-0.4, -0.2) is 35.1 Å². The third-order valence-corrected chi connectivity index (χ3v) is 4.22. The number of hydrogen-bond acceptors (Lipinski definition) is 4. The van der Waals surface area contributed by atoms with Crippen molar-refractivity contribution in [1.29, 1.82) is 0 Å². The molecule has 0 aromatic carbocycles. The Bertz CT molecular complexity index is 455.